The molecule has 2 aromatic rings. The summed E-state index contributed by atoms with van der Waals surface area (Å²) in [6.07, 6.45) is -0.938. The zero-order valence-corrected chi connectivity index (χ0v) is 20.5. The van der Waals surface area contributed by atoms with E-state index in [9.17, 15) is 19.5 Å². The number of amides is 2. The number of alkyl carbamates (subject to hydrolysis) is 1. The number of carboxylic acids is 1. The summed E-state index contributed by atoms with van der Waals surface area (Å²) in [5.74, 6) is -1.44. The van der Waals surface area contributed by atoms with E-state index < -0.39 is 30.1 Å². The van der Waals surface area contributed by atoms with E-state index in [4.69, 9.17) is 9.47 Å². The number of aliphatic carboxylic acids is 1. The van der Waals surface area contributed by atoms with Crippen molar-refractivity contribution in [2.75, 3.05) is 19.8 Å². The molecule has 1 unspecified atom stereocenters. The van der Waals surface area contributed by atoms with Gasteiger partial charge in [-0.3, -0.25) is 4.79 Å². The van der Waals surface area contributed by atoms with Crippen LogP contribution in [0.2, 0.25) is 0 Å². The van der Waals surface area contributed by atoms with Crippen LogP contribution in [0.25, 0.3) is 11.1 Å². The van der Waals surface area contributed by atoms with E-state index in [2.05, 4.69) is 34.9 Å². The smallest absolute Gasteiger partial charge is 0.407 e. The molecule has 0 bridgehead atoms. The van der Waals surface area contributed by atoms with E-state index in [1.54, 1.807) is 6.92 Å². The van der Waals surface area contributed by atoms with Gasteiger partial charge in [0.2, 0.25) is 5.91 Å². The molecule has 0 saturated carbocycles. The standard InChI is InChI=1S/C27H34N2O6/c1-4-34-18(14-25(30)29-24(26(31)32)13-17(2)3)15-28-27(33)35-16-23-21-11-7-5-9-19(21)20-10-6-8-12-22(20)23/h5-12,17-18,23-24H,4,13-16H2,1-3H3,(H,28,33)(H,29,30)(H,31,32)/t18?,24-/m1/s1. The molecule has 8 heteroatoms. The van der Waals surface area contributed by atoms with Gasteiger partial charge in [0.1, 0.15) is 12.6 Å². The summed E-state index contributed by atoms with van der Waals surface area (Å²) in [4.78, 5) is 36.3. The molecule has 2 amide bonds. The molecule has 2 atom stereocenters. The molecule has 0 fully saturated rings. The van der Waals surface area contributed by atoms with Gasteiger partial charge in [-0.1, -0.05) is 62.4 Å². The molecule has 0 aliphatic heterocycles. The fourth-order valence-corrected chi connectivity index (χ4v) is 4.43. The maximum Gasteiger partial charge on any atom is 0.407 e. The predicted molar refractivity (Wildman–Crippen MR) is 132 cm³/mol. The fraction of sp³-hybridized carbons (Fsp3) is 0.444. The number of fused-ring (bicyclic) bond motifs is 3. The van der Waals surface area contributed by atoms with Gasteiger partial charge >= 0.3 is 12.1 Å². The molecule has 188 valence electrons. The Morgan fingerprint density at radius 3 is 2.14 bits per heavy atom. The summed E-state index contributed by atoms with van der Waals surface area (Å²) in [7, 11) is 0. The van der Waals surface area contributed by atoms with Crippen molar-refractivity contribution in [1.82, 2.24) is 10.6 Å². The molecule has 1 aliphatic rings. The maximum absolute atomic E-state index is 12.4. The van der Waals surface area contributed by atoms with Crippen molar-refractivity contribution in [3.63, 3.8) is 0 Å². The maximum atomic E-state index is 12.4. The molecule has 3 rings (SSSR count). The minimum atomic E-state index is -1.07. The molecule has 0 saturated heterocycles. The fourth-order valence-electron chi connectivity index (χ4n) is 4.43. The first-order valence-electron chi connectivity index (χ1n) is 12.0. The summed E-state index contributed by atoms with van der Waals surface area (Å²) in [6.45, 7) is 6.18. The average Bonchev–Trinajstić information content (AvgIpc) is 3.14. The molecule has 2 aromatic carbocycles. The van der Waals surface area contributed by atoms with Crippen molar-refractivity contribution in [3.8, 4) is 11.1 Å². The van der Waals surface area contributed by atoms with E-state index in [0.29, 0.717) is 13.0 Å². The Morgan fingerprint density at radius 1 is 1.00 bits per heavy atom. The van der Waals surface area contributed by atoms with Crippen LogP contribution in [0.4, 0.5) is 4.79 Å². The normalized spacial score (nSPS) is 14.1. The molecule has 0 spiro atoms. The van der Waals surface area contributed by atoms with Crippen LogP contribution in [0.1, 0.15) is 50.7 Å². The predicted octanol–water partition coefficient (Wildman–Crippen LogP) is 3.94. The molecule has 3 N–H and O–H groups in total. The zero-order valence-electron chi connectivity index (χ0n) is 20.5. The molecular formula is C27H34N2O6. The first-order chi connectivity index (χ1) is 16.8. The van der Waals surface area contributed by atoms with Crippen LogP contribution < -0.4 is 10.6 Å². The van der Waals surface area contributed by atoms with Crippen molar-refractivity contribution in [3.05, 3.63) is 59.7 Å². The highest BCUT2D eigenvalue weighted by molar-refractivity contribution is 5.84. The van der Waals surface area contributed by atoms with E-state index in [-0.39, 0.29) is 31.4 Å². The number of rotatable bonds is 12. The number of carboxylic acid groups (broad SMARTS) is 1. The number of carbonyl (C=O) groups excluding carboxylic acids is 2. The quantitative estimate of drug-likeness (QED) is 0.422. The van der Waals surface area contributed by atoms with E-state index in [1.807, 2.05) is 38.1 Å². The highest BCUT2D eigenvalue weighted by Crippen LogP contribution is 2.44. The number of ether oxygens (including phenoxy) is 2. The molecule has 0 aromatic heterocycles. The summed E-state index contributed by atoms with van der Waals surface area (Å²) >= 11 is 0. The number of carbonyl (C=O) groups is 3. The lowest BCUT2D eigenvalue weighted by Crippen LogP contribution is -2.44. The first kappa shape index (κ1) is 26.2. The Balaban J connectivity index is 1.52. The lowest BCUT2D eigenvalue weighted by atomic mass is 9.98. The van der Waals surface area contributed by atoms with Gasteiger partial charge in [-0.15, -0.1) is 0 Å². The Hall–Kier alpha value is -3.39. The summed E-state index contributed by atoms with van der Waals surface area (Å²) in [5.41, 5.74) is 4.55. The minimum absolute atomic E-state index is 0.0458. The van der Waals surface area contributed by atoms with Gasteiger partial charge < -0.3 is 25.2 Å². The van der Waals surface area contributed by atoms with Crippen LogP contribution in [0.5, 0.6) is 0 Å². The molecular weight excluding hydrogens is 448 g/mol. The highest BCUT2D eigenvalue weighted by Gasteiger charge is 2.29. The van der Waals surface area contributed by atoms with Crippen molar-refractivity contribution in [1.29, 1.82) is 0 Å². The third kappa shape index (κ3) is 7.05. The number of hydrogen-bond acceptors (Lipinski definition) is 5. The molecule has 0 radical (unpaired) electrons. The third-order valence-corrected chi connectivity index (χ3v) is 5.97. The van der Waals surface area contributed by atoms with Crippen LogP contribution in [0, 0.1) is 5.92 Å². The van der Waals surface area contributed by atoms with Gasteiger partial charge in [0.25, 0.3) is 0 Å². The first-order valence-corrected chi connectivity index (χ1v) is 12.0. The van der Waals surface area contributed by atoms with E-state index in [1.165, 1.54) is 0 Å². The molecule has 8 nitrogen and oxygen atoms in total. The van der Waals surface area contributed by atoms with Crippen LogP contribution in [-0.4, -0.2) is 55.0 Å². The van der Waals surface area contributed by atoms with Gasteiger partial charge in [-0.25, -0.2) is 9.59 Å². The average molecular weight is 483 g/mol. The lowest BCUT2D eigenvalue weighted by Gasteiger charge is -2.20. The minimum Gasteiger partial charge on any atom is -0.480 e. The second-order valence-electron chi connectivity index (χ2n) is 9.08. The second kappa shape index (κ2) is 12.4. The van der Waals surface area contributed by atoms with Gasteiger partial charge in [0.05, 0.1) is 12.5 Å². The SMILES string of the molecule is CCOC(CNC(=O)OCC1c2ccccc2-c2ccccc21)CC(=O)N[C@H](CC(C)C)C(=O)O. The zero-order chi connectivity index (χ0) is 25.4. The van der Waals surface area contributed by atoms with Gasteiger partial charge in [0.15, 0.2) is 0 Å². The monoisotopic (exact) mass is 482 g/mol. The van der Waals surface area contributed by atoms with Gasteiger partial charge in [-0.2, -0.15) is 0 Å². The Labute approximate surface area is 206 Å². The van der Waals surface area contributed by atoms with E-state index in [0.717, 1.165) is 22.3 Å². The van der Waals surface area contributed by atoms with Crippen molar-refractivity contribution < 1.29 is 29.0 Å². The summed E-state index contributed by atoms with van der Waals surface area (Å²) in [5, 5.41) is 14.6. The van der Waals surface area contributed by atoms with Crippen molar-refractivity contribution >= 4 is 18.0 Å². The van der Waals surface area contributed by atoms with Crippen LogP contribution in [0.3, 0.4) is 0 Å². The second-order valence-corrected chi connectivity index (χ2v) is 9.08. The summed E-state index contributed by atoms with van der Waals surface area (Å²) < 4.78 is 11.1. The van der Waals surface area contributed by atoms with Crippen molar-refractivity contribution in [2.24, 2.45) is 5.92 Å². The van der Waals surface area contributed by atoms with Crippen molar-refractivity contribution in [2.45, 2.75) is 51.7 Å². The Bertz CT molecular complexity index is 992. The molecule has 0 heterocycles. The largest absolute Gasteiger partial charge is 0.480 e. The Morgan fingerprint density at radius 2 is 1.60 bits per heavy atom. The topological polar surface area (TPSA) is 114 Å². The number of benzene rings is 2. The number of hydrogen-bond donors (Lipinski definition) is 3. The summed E-state index contributed by atoms with van der Waals surface area (Å²) in [6, 6.07) is 15.2. The van der Waals surface area contributed by atoms with Crippen LogP contribution in [-0.2, 0) is 19.1 Å². The lowest BCUT2D eigenvalue weighted by molar-refractivity contribution is -0.142. The van der Waals surface area contributed by atoms with Crippen LogP contribution >= 0.6 is 0 Å². The van der Waals surface area contributed by atoms with E-state index >= 15 is 0 Å². The molecule has 35 heavy (non-hydrogen) atoms. The molecule has 1 aliphatic carbocycles. The Kier molecular flexibility index (Phi) is 9.25. The highest BCUT2D eigenvalue weighted by atomic mass is 16.5. The number of nitrogens with one attached hydrogen (secondary N) is 2. The van der Waals surface area contributed by atoms with Gasteiger partial charge in [0, 0.05) is 19.1 Å². The van der Waals surface area contributed by atoms with Gasteiger partial charge in [-0.05, 0) is 41.5 Å². The van der Waals surface area contributed by atoms with Crippen LogP contribution in [0.15, 0.2) is 48.5 Å². The third-order valence-electron chi connectivity index (χ3n) is 5.97.